The second kappa shape index (κ2) is 6.56. The number of hydrogen-bond donors (Lipinski definition) is 1. The van der Waals surface area contributed by atoms with Crippen molar-refractivity contribution in [2.75, 3.05) is 25.0 Å². The van der Waals surface area contributed by atoms with Gasteiger partial charge in [-0.1, -0.05) is 13.0 Å². The third-order valence-electron chi connectivity index (χ3n) is 4.79. The summed E-state index contributed by atoms with van der Waals surface area (Å²) in [5, 5.41) is 3.19. The van der Waals surface area contributed by atoms with Crippen molar-refractivity contribution in [2.45, 2.75) is 45.1 Å². The number of hydrogen-bond acceptors (Lipinski definition) is 4. The smallest absolute Gasteiger partial charge is 0.223 e. The van der Waals surface area contributed by atoms with E-state index in [1.165, 1.54) is 43.6 Å². The van der Waals surface area contributed by atoms with Crippen molar-refractivity contribution < 1.29 is 0 Å². The van der Waals surface area contributed by atoms with Gasteiger partial charge in [0.15, 0.2) is 0 Å². The SMILES string of the molecule is C=CCNc1ncc2c(n1)C[C@@H]1CCCN(CCC)C1C2. The third kappa shape index (κ3) is 3.10. The Hall–Kier alpha value is -1.42. The van der Waals surface area contributed by atoms with Gasteiger partial charge in [0.25, 0.3) is 0 Å². The van der Waals surface area contributed by atoms with Gasteiger partial charge in [0.2, 0.25) is 5.95 Å². The van der Waals surface area contributed by atoms with E-state index in [0.717, 1.165) is 31.3 Å². The Morgan fingerprint density at radius 1 is 1.48 bits per heavy atom. The normalized spacial score (nSPS) is 25.0. The zero-order chi connectivity index (χ0) is 14.7. The summed E-state index contributed by atoms with van der Waals surface area (Å²) in [6.45, 7) is 9.22. The first-order valence-electron chi connectivity index (χ1n) is 8.25. The highest BCUT2D eigenvalue weighted by Crippen LogP contribution is 2.34. The maximum absolute atomic E-state index is 4.72. The molecule has 0 aromatic carbocycles. The molecular weight excluding hydrogens is 260 g/mol. The Morgan fingerprint density at radius 2 is 2.38 bits per heavy atom. The summed E-state index contributed by atoms with van der Waals surface area (Å²) in [6.07, 6.45) is 10.0. The van der Waals surface area contributed by atoms with Crippen LogP contribution in [0.2, 0.25) is 0 Å². The van der Waals surface area contributed by atoms with Crippen LogP contribution in [0.15, 0.2) is 18.9 Å². The molecule has 2 aliphatic rings. The van der Waals surface area contributed by atoms with Crippen molar-refractivity contribution in [1.82, 2.24) is 14.9 Å². The van der Waals surface area contributed by atoms with Gasteiger partial charge in [0.1, 0.15) is 0 Å². The zero-order valence-corrected chi connectivity index (χ0v) is 13.0. The molecule has 1 aromatic rings. The molecule has 4 heteroatoms. The molecule has 21 heavy (non-hydrogen) atoms. The molecule has 0 amide bonds. The van der Waals surface area contributed by atoms with Gasteiger partial charge in [-0.2, -0.15) is 0 Å². The third-order valence-corrected chi connectivity index (χ3v) is 4.79. The summed E-state index contributed by atoms with van der Waals surface area (Å²) in [5.41, 5.74) is 2.61. The van der Waals surface area contributed by atoms with Gasteiger partial charge in [-0.3, -0.25) is 4.90 Å². The number of piperidine rings is 1. The highest BCUT2D eigenvalue weighted by molar-refractivity contribution is 5.33. The highest BCUT2D eigenvalue weighted by Gasteiger charge is 2.35. The number of rotatable bonds is 5. The molecule has 1 saturated heterocycles. The zero-order valence-electron chi connectivity index (χ0n) is 13.0. The lowest BCUT2D eigenvalue weighted by atomic mass is 9.77. The van der Waals surface area contributed by atoms with Crippen LogP contribution in [-0.2, 0) is 12.8 Å². The molecule has 4 nitrogen and oxygen atoms in total. The van der Waals surface area contributed by atoms with Gasteiger partial charge < -0.3 is 5.32 Å². The maximum atomic E-state index is 4.72. The first kappa shape index (κ1) is 14.5. The molecule has 114 valence electrons. The molecule has 3 rings (SSSR count). The molecule has 0 saturated carbocycles. The molecule has 1 aliphatic carbocycles. The van der Waals surface area contributed by atoms with Gasteiger partial charge in [-0.05, 0) is 56.7 Å². The molecule has 0 radical (unpaired) electrons. The van der Waals surface area contributed by atoms with Crippen LogP contribution in [0.25, 0.3) is 0 Å². The first-order valence-corrected chi connectivity index (χ1v) is 8.25. The van der Waals surface area contributed by atoms with E-state index in [2.05, 4.69) is 28.7 Å². The van der Waals surface area contributed by atoms with E-state index >= 15 is 0 Å². The maximum Gasteiger partial charge on any atom is 0.223 e. The highest BCUT2D eigenvalue weighted by atomic mass is 15.2. The second-order valence-corrected chi connectivity index (χ2v) is 6.25. The Morgan fingerprint density at radius 3 is 3.19 bits per heavy atom. The van der Waals surface area contributed by atoms with Crippen molar-refractivity contribution in [3.63, 3.8) is 0 Å². The van der Waals surface area contributed by atoms with E-state index in [1.54, 1.807) is 0 Å². The lowest BCUT2D eigenvalue weighted by molar-refractivity contribution is 0.0845. The summed E-state index contributed by atoms with van der Waals surface area (Å²) >= 11 is 0. The molecular formula is C17H26N4. The fourth-order valence-corrected chi connectivity index (χ4v) is 3.82. The van der Waals surface area contributed by atoms with Gasteiger partial charge in [-0.15, -0.1) is 6.58 Å². The molecule has 1 aliphatic heterocycles. The van der Waals surface area contributed by atoms with E-state index in [1.807, 2.05) is 12.3 Å². The Labute approximate surface area is 127 Å². The monoisotopic (exact) mass is 286 g/mol. The predicted octanol–water partition coefficient (Wildman–Crippen LogP) is 2.66. The fourth-order valence-electron chi connectivity index (χ4n) is 3.82. The van der Waals surface area contributed by atoms with Crippen LogP contribution >= 0.6 is 0 Å². The van der Waals surface area contributed by atoms with Crippen LogP contribution in [-0.4, -0.2) is 40.5 Å². The van der Waals surface area contributed by atoms with Crippen molar-refractivity contribution in [3.05, 3.63) is 30.1 Å². The minimum absolute atomic E-state index is 0.710. The van der Waals surface area contributed by atoms with Crippen molar-refractivity contribution in [1.29, 1.82) is 0 Å². The molecule has 0 bridgehead atoms. The summed E-state index contributed by atoms with van der Waals surface area (Å²) < 4.78 is 0. The minimum atomic E-state index is 0.710. The molecule has 2 heterocycles. The van der Waals surface area contributed by atoms with E-state index in [-0.39, 0.29) is 0 Å². The van der Waals surface area contributed by atoms with Gasteiger partial charge >= 0.3 is 0 Å². The van der Waals surface area contributed by atoms with E-state index < -0.39 is 0 Å². The topological polar surface area (TPSA) is 41.1 Å². The average molecular weight is 286 g/mol. The number of fused-ring (bicyclic) bond motifs is 2. The van der Waals surface area contributed by atoms with Crippen LogP contribution in [0, 0.1) is 5.92 Å². The summed E-state index contributed by atoms with van der Waals surface area (Å²) in [6, 6.07) is 0.710. The molecule has 0 spiro atoms. The van der Waals surface area contributed by atoms with Crippen molar-refractivity contribution in [3.8, 4) is 0 Å². The van der Waals surface area contributed by atoms with Crippen LogP contribution < -0.4 is 5.32 Å². The average Bonchev–Trinajstić information content (AvgIpc) is 2.51. The summed E-state index contributed by atoms with van der Waals surface area (Å²) in [5.74, 6) is 1.52. The number of nitrogens with zero attached hydrogens (tertiary/aromatic N) is 3. The second-order valence-electron chi connectivity index (χ2n) is 6.25. The largest absolute Gasteiger partial charge is 0.351 e. The molecule has 1 fully saturated rings. The number of aromatic nitrogens is 2. The Bertz CT molecular complexity index is 498. The van der Waals surface area contributed by atoms with E-state index in [0.29, 0.717) is 6.04 Å². The summed E-state index contributed by atoms with van der Waals surface area (Å²) in [4.78, 5) is 11.9. The van der Waals surface area contributed by atoms with Crippen molar-refractivity contribution >= 4 is 5.95 Å². The van der Waals surface area contributed by atoms with Gasteiger partial charge in [0, 0.05) is 24.5 Å². The quantitative estimate of drug-likeness (QED) is 0.845. The van der Waals surface area contributed by atoms with Crippen LogP contribution in [0.4, 0.5) is 5.95 Å². The van der Waals surface area contributed by atoms with Crippen LogP contribution in [0.3, 0.4) is 0 Å². The number of likely N-dealkylation sites (tertiary alicyclic amines) is 1. The number of nitrogens with one attached hydrogen (secondary N) is 1. The molecule has 1 N–H and O–H groups in total. The fraction of sp³-hybridized carbons (Fsp3) is 0.647. The predicted molar refractivity (Wildman–Crippen MR) is 86.5 cm³/mol. The van der Waals surface area contributed by atoms with Crippen LogP contribution in [0.5, 0.6) is 0 Å². The van der Waals surface area contributed by atoms with E-state index in [9.17, 15) is 0 Å². The van der Waals surface area contributed by atoms with Crippen LogP contribution in [0.1, 0.15) is 37.4 Å². The molecule has 2 atom stereocenters. The van der Waals surface area contributed by atoms with Gasteiger partial charge in [-0.25, -0.2) is 9.97 Å². The first-order chi connectivity index (χ1) is 10.3. The minimum Gasteiger partial charge on any atom is -0.351 e. The van der Waals surface area contributed by atoms with Gasteiger partial charge in [0.05, 0.1) is 0 Å². The molecule has 1 unspecified atom stereocenters. The Balaban J connectivity index is 1.77. The summed E-state index contributed by atoms with van der Waals surface area (Å²) in [7, 11) is 0. The lowest BCUT2D eigenvalue weighted by Crippen LogP contribution is -2.49. The lowest BCUT2D eigenvalue weighted by Gasteiger charge is -2.44. The number of anilines is 1. The Kier molecular flexibility index (Phi) is 4.54. The van der Waals surface area contributed by atoms with E-state index in [4.69, 9.17) is 4.98 Å². The molecule has 1 aromatic heterocycles. The standard InChI is InChI=1S/C17H26N4/c1-3-7-18-17-19-12-14-11-16-13(10-15(14)20-17)6-5-9-21(16)8-4-2/h3,12-13,16H,1,4-11H2,2H3,(H,18,19,20)/t13-,16?/m0/s1. The van der Waals surface area contributed by atoms with Crippen molar-refractivity contribution in [2.24, 2.45) is 5.92 Å².